The monoisotopic (exact) mass is 343 g/mol. The summed E-state index contributed by atoms with van der Waals surface area (Å²) in [6.45, 7) is 0. The van der Waals surface area contributed by atoms with Crippen molar-refractivity contribution in [3.63, 3.8) is 0 Å². The van der Waals surface area contributed by atoms with Crippen LogP contribution in [0.4, 0.5) is 0 Å². The van der Waals surface area contributed by atoms with Crippen molar-refractivity contribution in [2.45, 2.75) is 15.5 Å². The van der Waals surface area contributed by atoms with Gasteiger partial charge in [-0.15, -0.1) is 0 Å². The van der Waals surface area contributed by atoms with Gasteiger partial charge in [-0.1, -0.05) is 77.0 Å². The van der Waals surface area contributed by atoms with Gasteiger partial charge in [-0.3, -0.25) is 0 Å². The van der Waals surface area contributed by atoms with Crippen molar-refractivity contribution in [3.05, 3.63) is 109 Å². The third kappa shape index (κ3) is 3.13. The summed E-state index contributed by atoms with van der Waals surface area (Å²) < 4.78 is 14.1. The van der Waals surface area contributed by atoms with E-state index in [0.29, 0.717) is 5.75 Å². The molecule has 0 spiro atoms. The van der Waals surface area contributed by atoms with E-state index in [1.165, 1.54) is 10.8 Å². The third-order valence-electron chi connectivity index (χ3n) is 4.43. The number of hydrogen-bond acceptors (Lipinski definition) is 1. The Morgan fingerprint density at radius 1 is 0.560 bits per heavy atom. The van der Waals surface area contributed by atoms with Crippen LogP contribution in [0.25, 0.3) is 10.8 Å². The van der Waals surface area contributed by atoms with Crippen molar-refractivity contribution in [2.75, 3.05) is 0 Å². The van der Waals surface area contributed by atoms with E-state index in [1.54, 1.807) is 0 Å². The molecule has 0 amide bonds. The number of benzene rings is 4. The van der Waals surface area contributed by atoms with Crippen molar-refractivity contribution in [1.82, 2.24) is 0 Å². The van der Waals surface area contributed by atoms with E-state index in [1.807, 2.05) is 72.8 Å². The summed E-state index contributed by atoms with van der Waals surface area (Å²) in [6.07, 6.45) is 0. The maximum absolute atomic E-state index is 14.1. The number of hydrogen-bond donors (Lipinski definition) is 0. The normalized spacial score (nSPS) is 11.5. The average Bonchev–Trinajstić information content (AvgIpc) is 2.69. The van der Waals surface area contributed by atoms with Gasteiger partial charge in [0.15, 0.2) is 19.7 Å². The molecule has 122 valence electrons. The zero-order chi connectivity index (χ0) is 17.1. The molecule has 0 N–H and O–H groups in total. The Labute approximate surface area is 149 Å². The van der Waals surface area contributed by atoms with Crippen molar-refractivity contribution in [2.24, 2.45) is 0 Å². The fraction of sp³-hybridized carbons (Fsp3) is 0.0435. The first-order valence-corrected chi connectivity index (χ1v) is 10.1. The predicted octanol–water partition coefficient (Wildman–Crippen LogP) is 5.96. The minimum atomic E-state index is -2.37. The fourth-order valence-corrected chi connectivity index (χ4v) is 5.59. The summed E-state index contributed by atoms with van der Waals surface area (Å²) in [5.41, 5.74) is 1.09. The van der Waals surface area contributed by atoms with E-state index in [9.17, 15) is 4.21 Å². The molecule has 0 aromatic heterocycles. The lowest BCUT2D eigenvalue weighted by Crippen LogP contribution is -2.15. The van der Waals surface area contributed by atoms with Gasteiger partial charge in [0.1, 0.15) is 5.75 Å². The fourth-order valence-electron chi connectivity index (χ4n) is 3.15. The highest BCUT2D eigenvalue weighted by molar-refractivity contribution is 8.02. The van der Waals surface area contributed by atoms with Crippen LogP contribution in [0, 0.1) is 0 Å². The van der Waals surface area contributed by atoms with E-state index >= 15 is 0 Å². The summed E-state index contributed by atoms with van der Waals surface area (Å²) in [6, 6.07) is 34.3. The van der Waals surface area contributed by atoms with Crippen LogP contribution in [0.2, 0.25) is 0 Å². The molecular formula is C23H19OS+. The lowest BCUT2D eigenvalue weighted by molar-refractivity contribution is 0.583. The van der Waals surface area contributed by atoms with Crippen LogP contribution >= 0.6 is 0 Å². The lowest BCUT2D eigenvalue weighted by Gasteiger charge is -2.13. The molecular weight excluding hydrogens is 324 g/mol. The van der Waals surface area contributed by atoms with E-state index in [-0.39, 0.29) is 0 Å². The van der Waals surface area contributed by atoms with Gasteiger partial charge in [0.05, 0.1) is 0 Å². The third-order valence-corrected chi connectivity index (χ3v) is 7.24. The zero-order valence-corrected chi connectivity index (χ0v) is 14.7. The van der Waals surface area contributed by atoms with Crippen LogP contribution in [0.1, 0.15) is 5.56 Å². The molecule has 0 unspecified atom stereocenters. The average molecular weight is 343 g/mol. The molecule has 0 heterocycles. The first-order chi connectivity index (χ1) is 12.3. The van der Waals surface area contributed by atoms with Gasteiger partial charge in [0, 0.05) is 5.56 Å². The summed E-state index contributed by atoms with van der Waals surface area (Å²) in [7, 11) is -2.37. The van der Waals surface area contributed by atoms with Crippen LogP contribution in [-0.2, 0) is 19.9 Å². The molecule has 0 saturated carbocycles. The Morgan fingerprint density at radius 3 is 1.68 bits per heavy atom. The highest BCUT2D eigenvalue weighted by Gasteiger charge is 2.34. The minimum absolute atomic E-state index is 0.506. The molecule has 4 aromatic rings. The maximum Gasteiger partial charge on any atom is 0.163 e. The quantitative estimate of drug-likeness (QED) is 0.418. The molecule has 0 saturated heterocycles. The highest BCUT2D eigenvalue weighted by atomic mass is 32.2. The second-order valence-electron chi connectivity index (χ2n) is 6.13. The van der Waals surface area contributed by atoms with Crippen molar-refractivity contribution in [1.29, 1.82) is 0 Å². The lowest BCUT2D eigenvalue weighted by atomic mass is 10.1. The van der Waals surface area contributed by atoms with Crippen LogP contribution < -0.4 is 0 Å². The molecule has 0 bridgehead atoms. The maximum atomic E-state index is 14.1. The SMILES string of the molecule is O=[S+](Cc1ccc2ccccc2c1)(c1ccccc1)c1ccccc1. The van der Waals surface area contributed by atoms with Gasteiger partial charge in [-0.25, -0.2) is 0 Å². The summed E-state index contributed by atoms with van der Waals surface area (Å²) in [4.78, 5) is 1.77. The molecule has 4 aromatic carbocycles. The van der Waals surface area contributed by atoms with Crippen LogP contribution in [0.15, 0.2) is 113 Å². The predicted molar refractivity (Wildman–Crippen MR) is 105 cm³/mol. The molecule has 0 fully saturated rings. The Morgan fingerprint density at radius 2 is 1.08 bits per heavy atom. The topological polar surface area (TPSA) is 17.1 Å². The van der Waals surface area contributed by atoms with Gasteiger partial charge >= 0.3 is 0 Å². The first-order valence-electron chi connectivity index (χ1n) is 8.35. The molecule has 0 aliphatic heterocycles. The Hall–Kier alpha value is -2.71. The Bertz CT molecular complexity index is 996. The molecule has 25 heavy (non-hydrogen) atoms. The number of rotatable bonds is 4. The largest absolute Gasteiger partial charge is 0.163 e. The Kier molecular flexibility index (Phi) is 4.21. The van der Waals surface area contributed by atoms with Gasteiger partial charge < -0.3 is 0 Å². The van der Waals surface area contributed by atoms with Crippen molar-refractivity contribution >= 4 is 20.7 Å². The van der Waals surface area contributed by atoms with Gasteiger partial charge in [-0.05, 0) is 41.1 Å². The molecule has 1 nitrogen and oxygen atoms in total. The van der Waals surface area contributed by atoms with Gasteiger partial charge in [0.2, 0.25) is 0 Å². The zero-order valence-electron chi connectivity index (χ0n) is 13.8. The summed E-state index contributed by atoms with van der Waals surface area (Å²) >= 11 is 0. The van der Waals surface area contributed by atoms with Crippen LogP contribution in [0.3, 0.4) is 0 Å². The summed E-state index contributed by atoms with van der Waals surface area (Å²) in [5.74, 6) is 0.506. The second kappa shape index (κ2) is 6.66. The summed E-state index contributed by atoms with van der Waals surface area (Å²) in [5, 5.41) is 2.39. The van der Waals surface area contributed by atoms with Crippen LogP contribution in [0.5, 0.6) is 0 Å². The van der Waals surface area contributed by atoms with Crippen LogP contribution in [-0.4, -0.2) is 0 Å². The van der Waals surface area contributed by atoms with E-state index in [2.05, 4.69) is 30.3 Å². The Balaban J connectivity index is 1.82. The smallest absolute Gasteiger partial charge is 0.0933 e. The van der Waals surface area contributed by atoms with E-state index < -0.39 is 9.93 Å². The minimum Gasteiger partial charge on any atom is -0.0933 e. The van der Waals surface area contributed by atoms with Crippen molar-refractivity contribution in [3.8, 4) is 0 Å². The number of fused-ring (bicyclic) bond motifs is 1. The van der Waals surface area contributed by atoms with Gasteiger partial charge in [-0.2, -0.15) is 0 Å². The van der Waals surface area contributed by atoms with E-state index in [4.69, 9.17) is 0 Å². The molecule has 4 rings (SSSR count). The molecule has 0 aliphatic carbocycles. The van der Waals surface area contributed by atoms with Crippen molar-refractivity contribution < 1.29 is 4.21 Å². The van der Waals surface area contributed by atoms with Gasteiger partial charge in [0.25, 0.3) is 0 Å². The molecule has 0 atom stereocenters. The second-order valence-corrected chi connectivity index (χ2v) is 8.71. The standard InChI is InChI=1S/C23H19OS/c24-25(22-11-3-1-4-12-22,23-13-5-2-6-14-23)18-19-15-16-20-9-7-8-10-21(20)17-19/h1-17H,18H2/q+1. The molecule has 2 heteroatoms. The highest BCUT2D eigenvalue weighted by Crippen LogP contribution is 2.33. The molecule has 0 aliphatic rings. The first kappa shape index (κ1) is 15.8. The van der Waals surface area contributed by atoms with E-state index in [0.717, 1.165) is 15.4 Å². The molecule has 0 radical (unpaired) electrons.